The lowest BCUT2D eigenvalue weighted by atomic mass is 9.89. The number of aliphatic hydroxyl groups is 2. The highest BCUT2D eigenvalue weighted by Gasteiger charge is 2.41. The second-order valence-electron chi connectivity index (χ2n) is 7.43. The van der Waals surface area contributed by atoms with Gasteiger partial charge in [0.2, 0.25) is 0 Å². The van der Waals surface area contributed by atoms with Crippen LogP contribution in [0.2, 0.25) is 0 Å². The molecule has 3 rings (SSSR count). The zero-order valence-electron chi connectivity index (χ0n) is 14.6. The number of nitrogens with zero attached hydrogens (tertiary/aromatic N) is 1. The number of hydrogen-bond acceptors (Lipinski definition) is 4. The van der Waals surface area contributed by atoms with Gasteiger partial charge < -0.3 is 19.8 Å². The molecular formula is C20H31NO3. The molecule has 2 N–H and O–H groups in total. The molecule has 0 spiro atoms. The number of ether oxygens (including phenoxy) is 1. The largest absolute Gasteiger partial charge is 0.388 e. The van der Waals surface area contributed by atoms with Crippen molar-refractivity contribution >= 4 is 5.69 Å². The van der Waals surface area contributed by atoms with Gasteiger partial charge in [-0.25, -0.2) is 0 Å². The highest BCUT2D eigenvalue weighted by molar-refractivity contribution is 5.46. The Morgan fingerprint density at radius 3 is 2.38 bits per heavy atom. The maximum Gasteiger partial charge on any atom is 0.117 e. The molecule has 0 bridgehead atoms. The first-order valence-corrected chi connectivity index (χ1v) is 9.49. The third-order valence-electron chi connectivity index (χ3n) is 5.57. The van der Waals surface area contributed by atoms with E-state index in [2.05, 4.69) is 4.90 Å². The van der Waals surface area contributed by atoms with Crippen molar-refractivity contribution in [1.82, 2.24) is 0 Å². The molecule has 0 aromatic heterocycles. The van der Waals surface area contributed by atoms with E-state index in [0.717, 1.165) is 25.1 Å². The maximum absolute atomic E-state index is 10.9. The van der Waals surface area contributed by atoms with Gasteiger partial charge in [-0.1, -0.05) is 50.3 Å². The van der Waals surface area contributed by atoms with Crippen molar-refractivity contribution in [3.63, 3.8) is 0 Å². The van der Waals surface area contributed by atoms with Crippen LogP contribution < -0.4 is 4.90 Å². The summed E-state index contributed by atoms with van der Waals surface area (Å²) in [5.41, 5.74) is -0.0206. The molecule has 4 nitrogen and oxygen atoms in total. The molecule has 2 aliphatic rings. The standard InChI is InChI=1S/C20H31NO3/c22-19-15-21(17-9-5-4-6-10-17)14-13-20(19,23)16-24-18-11-7-2-1-3-8-12-18/h4-6,9-10,18-19,22-23H,1-3,7-8,11-16H2/t19-,20-/m0/s1. The zero-order valence-corrected chi connectivity index (χ0v) is 14.6. The van der Waals surface area contributed by atoms with Gasteiger partial charge in [0.25, 0.3) is 0 Å². The average Bonchev–Trinajstić information content (AvgIpc) is 2.57. The monoisotopic (exact) mass is 333 g/mol. The number of benzene rings is 1. The Morgan fingerprint density at radius 1 is 1.04 bits per heavy atom. The Labute approximate surface area is 145 Å². The van der Waals surface area contributed by atoms with Crippen LogP contribution in [0.25, 0.3) is 0 Å². The van der Waals surface area contributed by atoms with E-state index in [0.29, 0.717) is 13.0 Å². The molecule has 1 saturated heterocycles. The van der Waals surface area contributed by atoms with Crippen LogP contribution >= 0.6 is 0 Å². The van der Waals surface area contributed by atoms with Crippen molar-refractivity contribution in [1.29, 1.82) is 0 Å². The van der Waals surface area contributed by atoms with E-state index in [-0.39, 0.29) is 12.7 Å². The van der Waals surface area contributed by atoms with Gasteiger partial charge in [0, 0.05) is 18.8 Å². The highest BCUT2D eigenvalue weighted by Crippen LogP contribution is 2.28. The van der Waals surface area contributed by atoms with Gasteiger partial charge in [-0.2, -0.15) is 0 Å². The molecule has 24 heavy (non-hydrogen) atoms. The number of aliphatic hydroxyl groups excluding tert-OH is 1. The first-order chi connectivity index (χ1) is 11.7. The van der Waals surface area contributed by atoms with Gasteiger partial charge in [-0.05, 0) is 31.4 Å². The van der Waals surface area contributed by atoms with E-state index in [9.17, 15) is 10.2 Å². The minimum atomic E-state index is -1.12. The Hall–Kier alpha value is -1.10. The SMILES string of the molecule is O[C@H]1CN(c2ccccc2)CC[C@]1(O)COC1CCCCCCC1. The van der Waals surface area contributed by atoms with Gasteiger partial charge in [-0.15, -0.1) is 0 Å². The minimum Gasteiger partial charge on any atom is -0.388 e. The van der Waals surface area contributed by atoms with E-state index in [1.807, 2.05) is 30.3 Å². The fourth-order valence-electron chi connectivity index (χ4n) is 3.85. The normalized spacial score (nSPS) is 29.9. The summed E-state index contributed by atoms with van der Waals surface area (Å²) in [4.78, 5) is 2.13. The molecule has 2 atom stereocenters. The lowest BCUT2D eigenvalue weighted by Gasteiger charge is -2.43. The van der Waals surface area contributed by atoms with Crippen molar-refractivity contribution in [2.45, 2.75) is 69.2 Å². The zero-order chi connectivity index (χ0) is 16.8. The molecule has 0 amide bonds. The van der Waals surface area contributed by atoms with E-state index in [1.165, 1.54) is 32.1 Å². The molecular weight excluding hydrogens is 302 g/mol. The summed E-state index contributed by atoms with van der Waals surface area (Å²) in [7, 11) is 0. The predicted molar refractivity (Wildman–Crippen MR) is 96.3 cm³/mol. The third kappa shape index (κ3) is 4.50. The average molecular weight is 333 g/mol. The fraction of sp³-hybridized carbons (Fsp3) is 0.700. The molecule has 2 fully saturated rings. The van der Waals surface area contributed by atoms with Crippen LogP contribution in [0.5, 0.6) is 0 Å². The Morgan fingerprint density at radius 2 is 1.71 bits per heavy atom. The lowest BCUT2D eigenvalue weighted by molar-refractivity contribution is -0.144. The van der Waals surface area contributed by atoms with Crippen molar-refractivity contribution in [2.75, 3.05) is 24.6 Å². The summed E-state index contributed by atoms with van der Waals surface area (Å²) in [5, 5.41) is 21.4. The third-order valence-corrected chi connectivity index (χ3v) is 5.57. The van der Waals surface area contributed by atoms with Gasteiger partial charge in [0.1, 0.15) is 11.7 Å². The quantitative estimate of drug-likeness (QED) is 0.889. The molecule has 1 aromatic rings. The maximum atomic E-state index is 10.9. The number of para-hydroxylation sites is 1. The van der Waals surface area contributed by atoms with Crippen molar-refractivity contribution in [3.8, 4) is 0 Å². The summed E-state index contributed by atoms with van der Waals surface area (Å²) in [6, 6.07) is 10.1. The summed E-state index contributed by atoms with van der Waals surface area (Å²) in [5.74, 6) is 0. The van der Waals surface area contributed by atoms with Gasteiger partial charge >= 0.3 is 0 Å². The molecule has 1 aromatic carbocycles. The minimum absolute atomic E-state index is 0.244. The van der Waals surface area contributed by atoms with E-state index < -0.39 is 11.7 Å². The van der Waals surface area contributed by atoms with Crippen LogP contribution in [-0.4, -0.2) is 47.7 Å². The first kappa shape index (κ1) is 17.7. The number of hydrogen-bond donors (Lipinski definition) is 2. The smallest absolute Gasteiger partial charge is 0.117 e. The molecule has 0 unspecified atom stereocenters. The van der Waals surface area contributed by atoms with Gasteiger partial charge in [0.05, 0.1) is 12.7 Å². The fourth-order valence-corrected chi connectivity index (χ4v) is 3.85. The summed E-state index contributed by atoms with van der Waals surface area (Å²) >= 11 is 0. The molecule has 1 heterocycles. The number of anilines is 1. The Balaban J connectivity index is 1.52. The van der Waals surface area contributed by atoms with E-state index in [1.54, 1.807) is 0 Å². The molecule has 134 valence electrons. The van der Waals surface area contributed by atoms with Crippen LogP contribution in [0, 0.1) is 0 Å². The van der Waals surface area contributed by atoms with Crippen LogP contribution in [0.1, 0.15) is 51.4 Å². The number of β-amino-alcohol motifs (C(OH)–C–C–N with tert-alkyl or cyclic N) is 1. The Kier molecular flexibility index (Phi) is 6.14. The summed E-state index contributed by atoms with van der Waals surface area (Å²) in [6.45, 7) is 1.45. The highest BCUT2D eigenvalue weighted by atomic mass is 16.5. The van der Waals surface area contributed by atoms with Gasteiger partial charge in [0.15, 0.2) is 0 Å². The Bertz CT molecular complexity index is 487. The van der Waals surface area contributed by atoms with Crippen molar-refractivity contribution in [3.05, 3.63) is 30.3 Å². The number of piperidine rings is 1. The second-order valence-corrected chi connectivity index (χ2v) is 7.43. The topological polar surface area (TPSA) is 52.9 Å². The van der Waals surface area contributed by atoms with Crippen LogP contribution in [0.15, 0.2) is 30.3 Å². The molecule has 1 aliphatic carbocycles. The summed E-state index contributed by atoms with van der Waals surface area (Å²) < 4.78 is 6.04. The van der Waals surface area contributed by atoms with E-state index >= 15 is 0 Å². The molecule has 1 saturated carbocycles. The summed E-state index contributed by atoms with van der Waals surface area (Å²) in [6.07, 6.45) is 8.53. The van der Waals surface area contributed by atoms with Crippen LogP contribution in [0.4, 0.5) is 5.69 Å². The van der Waals surface area contributed by atoms with Crippen LogP contribution in [0.3, 0.4) is 0 Å². The molecule has 1 aliphatic heterocycles. The first-order valence-electron chi connectivity index (χ1n) is 9.49. The van der Waals surface area contributed by atoms with Crippen LogP contribution in [-0.2, 0) is 4.74 Å². The molecule has 4 heteroatoms. The predicted octanol–water partition coefficient (Wildman–Crippen LogP) is 3.12. The molecule has 0 radical (unpaired) electrons. The van der Waals surface area contributed by atoms with E-state index in [4.69, 9.17) is 4.74 Å². The number of rotatable bonds is 4. The van der Waals surface area contributed by atoms with Gasteiger partial charge in [-0.3, -0.25) is 0 Å². The van der Waals surface area contributed by atoms with Crippen molar-refractivity contribution < 1.29 is 14.9 Å². The second kappa shape index (κ2) is 8.32. The van der Waals surface area contributed by atoms with Crippen molar-refractivity contribution in [2.24, 2.45) is 0 Å². The lowest BCUT2D eigenvalue weighted by Crippen LogP contribution is -2.58.